The number of piperidine rings is 1. The number of hydrogen-bond acceptors (Lipinski definition) is 4. The van der Waals surface area contributed by atoms with Crippen LogP contribution in [-0.2, 0) is 10.0 Å². The highest BCUT2D eigenvalue weighted by Gasteiger charge is 2.27. The highest BCUT2D eigenvalue weighted by atomic mass is 32.2. The molecule has 11 heavy (non-hydrogen) atoms. The third kappa shape index (κ3) is 2.41. The molecule has 0 spiro atoms. The van der Waals surface area contributed by atoms with Gasteiger partial charge in [-0.15, -0.1) is 0 Å². The summed E-state index contributed by atoms with van der Waals surface area (Å²) >= 11 is 0. The van der Waals surface area contributed by atoms with Crippen LogP contribution in [0.2, 0.25) is 0 Å². The van der Waals surface area contributed by atoms with E-state index in [1.54, 1.807) is 0 Å². The molecule has 0 aromatic carbocycles. The van der Waals surface area contributed by atoms with Gasteiger partial charge < -0.3 is 10.4 Å². The summed E-state index contributed by atoms with van der Waals surface area (Å²) in [6, 6.07) is 0. The molecule has 1 fully saturated rings. The molecule has 66 valence electrons. The lowest BCUT2D eigenvalue weighted by molar-refractivity contribution is 0.143. The van der Waals surface area contributed by atoms with Gasteiger partial charge in [0.2, 0.25) is 10.0 Å². The summed E-state index contributed by atoms with van der Waals surface area (Å²) in [4.78, 5) is 0. The van der Waals surface area contributed by atoms with Gasteiger partial charge >= 0.3 is 0 Å². The standard InChI is InChI=1S/C5H12N2O3S/c6-11(9,10)5-1-4(8)2-7-3-5/h4-5,7-8H,1-3H2,(H2,6,9,10)/t4-,5-/m1/s1. The minimum absolute atomic E-state index is 0.242. The number of nitrogens with one attached hydrogen (secondary N) is 1. The molecule has 0 amide bonds. The molecule has 1 rings (SSSR count). The number of aliphatic hydroxyl groups excluding tert-OH is 1. The van der Waals surface area contributed by atoms with Crippen LogP contribution >= 0.6 is 0 Å². The van der Waals surface area contributed by atoms with E-state index < -0.39 is 21.4 Å². The van der Waals surface area contributed by atoms with Crippen LogP contribution in [0.25, 0.3) is 0 Å². The van der Waals surface area contributed by atoms with Crippen molar-refractivity contribution in [1.82, 2.24) is 5.32 Å². The molecule has 0 aliphatic carbocycles. The predicted octanol–water partition coefficient (Wildman–Crippen LogP) is -2.00. The molecule has 6 heteroatoms. The van der Waals surface area contributed by atoms with E-state index in [9.17, 15) is 8.42 Å². The second-order valence-corrected chi connectivity index (χ2v) is 4.60. The Balaban J connectivity index is 2.60. The summed E-state index contributed by atoms with van der Waals surface area (Å²) in [6.07, 6.45) is -0.349. The van der Waals surface area contributed by atoms with Crippen LogP contribution in [-0.4, -0.2) is 38.0 Å². The topological polar surface area (TPSA) is 92.4 Å². The van der Waals surface area contributed by atoms with E-state index in [0.717, 1.165) is 0 Å². The fraction of sp³-hybridized carbons (Fsp3) is 1.00. The number of aliphatic hydroxyl groups is 1. The Kier molecular flexibility index (Phi) is 2.48. The predicted molar refractivity (Wildman–Crippen MR) is 40.4 cm³/mol. The molecular weight excluding hydrogens is 168 g/mol. The van der Waals surface area contributed by atoms with Crippen LogP contribution in [0.5, 0.6) is 0 Å². The molecule has 5 nitrogen and oxygen atoms in total. The highest BCUT2D eigenvalue weighted by Crippen LogP contribution is 2.08. The molecule has 4 N–H and O–H groups in total. The first-order chi connectivity index (χ1) is 5.00. The van der Waals surface area contributed by atoms with E-state index >= 15 is 0 Å². The third-order valence-corrected chi connectivity index (χ3v) is 3.04. The van der Waals surface area contributed by atoms with Crippen molar-refractivity contribution in [3.8, 4) is 0 Å². The zero-order valence-electron chi connectivity index (χ0n) is 6.03. The molecule has 1 saturated heterocycles. The zero-order chi connectivity index (χ0) is 8.48. The summed E-state index contributed by atoms with van der Waals surface area (Å²) < 4.78 is 21.5. The van der Waals surface area contributed by atoms with Gasteiger partial charge in [-0.05, 0) is 6.42 Å². The molecule has 1 heterocycles. The van der Waals surface area contributed by atoms with Gasteiger partial charge in [0.25, 0.3) is 0 Å². The molecule has 0 unspecified atom stereocenters. The van der Waals surface area contributed by atoms with E-state index in [4.69, 9.17) is 10.2 Å². The molecule has 1 aliphatic heterocycles. The number of β-amino-alcohol motifs (C(OH)–C–C–N with tert-alkyl or cyclic N) is 1. The smallest absolute Gasteiger partial charge is 0.213 e. The summed E-state index contributed by atoms with van der Waals surface area (Å²) in [5.41, 5.74) is 0. The number of rotatable bonds is 1. The van der Waals surface area contributed by atoms with Crippen molar-refractivity contribution in [3.05, 3.63) is 0 Å². The van der Waals surface area contributed by atoms with Gasteiger partial charge in [-0.2, -0.15) is 0 Å². The van der Waals surface area contributed by atoms with Crippen molar-refractivity contribution in [2.75, 3.05) is 13.1 Å². The Morgan fingerprint density at radius 3 is 2.45 bits per heavy atom. The quantitative estimate of drug-likeness (QED) is 0.435. The first-order valence-electron chi connectivity index (χ1n) is 3.40. The summed E-state index contributed by atoms with van der Waals surface area (Å²) in [6.45, 7) is 0.794. The van der Waals surface area contributed by atoms with Crippen molar-refractivity contribution < 1.29 is 13.5 Å². The minimum atomic E-state index is -3.48. The number of nitrogens with two attached hydrogens (primary N) is 1. The van der Waals surface area contributed by atoms with Crippen molar-refractivity contribution in [3.63, 3.8) is 0 Å². The zero-order valence-corrected chi connectivity index (χ0v) is 6.84. The van der Waals surface area contributed by atoms with Crippen molar-refractivity contribution in [1.29, 1.82) is 0 Å². The number of primary sulfonamides is 1. The molecule has 0 aromatic rings. The molecule has 0 radical (unpaired) electrons. The van der Waals surface area contributed by atoms with Gasteiger partial charge in [-0.1, -0.05) is 0 Å². The molecule has 0 saturated carbocycles. The Hall–Kier alpha value is -0.170. The maximum atomic E-state index is 10.8. The maximum absolute atomic E-state index is 10.8. The Bertz CT molecular complexity index is 226. The summed E-state index contributed by atoms with van der Waals surface area (Å²) in [7, 11) is -3.48. The Morgan fingerprint density at radius 1 is 1.45 bits per heavy atom. The molecule has 1 aliphatic rings. The Labute approximate surface area is 65.6 Å². The lowest BCUT2D eigenvalue weighted by Gasteiger charge is -2.24. The van der Waals surface area contributed by atoms with Gasteiger partial charge in [0.1, 0.15) is 0 Å². The minimum Gasteiger partial charge on any atom is -0.392 e. The fourth-order valence-corrected chi connectivity index (χ4v) is 1.97. The SMILES string of the molecule is NS(=O)(=O)[C@H]1CNC[C@H](O)C1. The molecular formula is C5H12N2O3S. The largest absolute Gasteiger partial charge is 0.392 e. The fourth-order valence-electron chi connectivity index (χ4n) is 1.13. The first-order valence-corrected chi connectivity index (χ1v) is 5.01. The van der Waals surface area contributed by atoms with E-state index in [-0.39, 0.29) is 6.42 Å². The van der Waals surface area contributed by atoms with E-state index in [1.807, 2.05) is 0 Å². The average Bonchev–Trinajstić information content (AvgIpc) is 1.86. The second kappa shape index (κ2) is 3.06. The van der Waals surface area contributed by atoms with Crippen LogP contribution < -0.4 is 10.5 Å². The Morgan fingerprint density at radius 2 is 2.09 bits per heavy atom. The first kappa shape index (κ1) is 8.92. The second-order valence-electron chi connectivity index (χ2n) is 2.76. The van der Waals surface area contributed by atoms with Gasteiger partial charge in [-0.3, -0.25) is 0 Å². The molecule has 0 bridgehead atoms. The van der Waals surface area contributed by atoms with E-state index in [1.165, 1.54) is 0 Å². The van der Waals surface area contributed by atoms with Gasteiger partial charge in [-0.25, -0.2) is 13.6 Å². The van der Waals surface area contributed by atoms with Gasteiger partial charge in [0.15, 0.2) is 0 Å². The molecule has 0 aromatic heterocycles. The average molecular weight is 180 g/mol. The van der Waals surface area contributed by atoms with Gasteiger partial charge in [0.05, 0.1) is 11.4 Å². The van der Waals surface area contributed by atoms with Crippen LogP contribution in [0.3, 0.4) is 0 Å². The van der Waals surface area contributed by atoms with Crippen molar-refractivity contribution >= 4 is 10.0 Å². The van der Waals surface area contributed by atoms with Gasteiger partial charge in [0, 0.05) is 13.1 Å². The monoisotopic (exact) mass is 180 g/mol. The van der Waals surface area contributed by atoms with E-state index in [0.29, 0.717) is 13.1 Å². The van der Waals surface area contributed by atoms with Crippen molar-refractivity contribution in [2.24, 2.45) is 5.14 Å². The van der Waals surface area contributed by atoms with Crippen LogP contribution in [0.1, 0.15) is 6.42 Å². The van der Waals surface area contributed by atoms with E-state index in [2.05, 4.69) is 5.32 Å². The maximum Gasteiger partial charge on any atom is 0.213 e. The van der Waals surface area contributed by atoms with Crippen LogP contribution in [0.4, 0.5) is 0 Å². The lowest BCUT2D eigenvalue weighted by Crippen LogP contribution is -2.47. The van der Waals surface area contributed by atoms with Crippen molar-refractivity contribution in [2.45, 2.75) is 17.8 Å². The third-order valence-electron chi connectivity index (χ3n) is 1.75. The summed E-state index contributed by atoms with van der Waals surface area (Å²) in [5.74, 6) is 0. The lowest BCUT2D eigenvalue weighted by atomic mass is 10.1. The number of hydrogen-bond donors (Lipinski definition) is 3. The number of sulfonamides is 1. The normalized spacial score (nSPS) is 33.6. The summed E-state index contributed by atoms with van der Waals surface area (Å²) in [5, 5.41) is 16.1. The van der Waals surface area contributed by atoms with Crippen LogP contribution in [0, 0.1) is 0 Å². The highest BCUT2D eigenvalue weighted by molar-refractivity contribution is 7.89. The molecule has 2 atom stereocenters. The van der Waals surface area contributed by atoms with Crippen LogP contribution in [0.15, 0.2) is 0 Å².